The smallest absolute Gasteiger partial charge is 0.257 e. The molecule has 0 saturated carbocycles. The van der Waals surface area contributed by atoms with Crippen LogP contribution in [0, 0.1) is 0 Å². The molecular weight excluding hydrogens is 328 g/mol. The Morgan fingerprint density at radius 1 is 1.40 bits per heavy atom. The van der Waals surface area contributed by atoms with Crippen LogP contribution in [0.3, 0.4) is 0 Å². The van der Waals surface area contributed by atoms with Crippen molar-refractivity contribution in [3.8, 4) is 0 Å². The lowest BCUT2D eigenvalue weighted by atomic mass is 10.2. The number of nitrogens with two attached hydrogens (primary N) is 1. The van der Waals surface area contributed by atoms with E-state index < -0.39 is 0 Å². The zero-order valence-corrected chi connectivity index (χ0v) is 13.1. The Bertz CT molecular complexity index is 437. The van der Waals surface area contributed by atoms with E-state index in [0.29, 0.717) is 42.2 Å². The van der Waals surface area contributed by atoms with Crippen molar-refractivity contribution in [2.24, 2.45) is 5.84 Å². The van der Waals surface area contributed by atoms with Crippen LogP contribution in [0.5, 0.6) is 0 Å². The maximum atomic E-state index is 12.5. The first-order valence-electron chi connectivity index (χ1n) is 6.03. The normalized spacial score (nSPS) is 10.4. The molecule has 0 radical (unpaired) electrons. The van der Waals surface area contributed by atoms with Gasteiger partial charge in [0.25, 0.3) is 5.91 Å². The molecule has 1 aromatic heterocycles. The Hall–Kier alpha value is -1.22. The highest BCUT2D eigenvalue weighted by Gasteiger charge is 2.19. The van der Waals surface area contributed by atoms with E-state index in [0.717, 1.165) is 0 Å². The Morgan fingerprint density at radius 3 is 2.50 bits per heavy atom. The third-order valence-corrected chi connectivity index (χ3v) is 3.07. The van der Waals surface area contributed by atoms with E-state index in [-0.39, 0.29) is 5.91 Å². The van der Waals surface area contributed by atoms with Crippen molar-refractivity contribution < 1.29 is 14.3 Å². The molecule has 112 valence electrons. The predicted molar refractivity (Wildman–Crippen MR) is 79.4 cm³/mol. The molecule has 0 aromatic carbocycles. The van der Waals surface area contributed by atoms with E-state index in [1.807, 2.05) is 0 Å². The summed E-state index contributed by atoms with van der Waals surface area (Å²) in [5, 5.41) is 0. The molecule has 1 amide bonds. The molecule has 0 aliphatic carbocycles. The first-order valence-corrected chi connectivity index (χ1v) is 6.82. The Balaban J connectivity index is 2.94. The molecule has 1 heterocycles. The molecule has 0 spiro atoms. The second-order valence-corrected chi connectivity index (χ2v) is 4.89. The fourth-order valence-corrected chi connectivity index (χ4v) is 1.94. The molecule has 7 nitrogen and oxygen atoms in total. The van der Waals surface area contributed by atoms with Crippen molar-refractivity contribution in [1.82, 2.24) is 9.88 Å². The van der Waals surface area contributed by atoms with Gasteiger partial charge in [-0.05, 0) is 22.0 Å². The van der Waals surface area contributed by atoms with Crippen molar-refractivity contribution in [1.29, 1.82) is 0 Å². The Morgan fingerprint density at radius 2 is 2.00 bits per heavy atom. The summed E-state index contributed by atoms with van der Waals surface area (Å²) >= 11 is 3.30. The topological polar surface area (TPSA) is 89.7 Å². The van der Waals surface area contributed by atoms with Crippen LogP contribution in [0.15, 0.2) is 16.7 Å². The summed E-state index contributed by atoms with van der Waals surface area (Å²) in [5.74, 6) is 5.54. The Labute approximate surface area is 126 Å². The fraction of sp³-hybridized carbons (Fsp3) is 0.500. The van der Waals surface area contributed by atoms with Crippen LogP contribution < -0.4 is 11.3 Å². The average molecular weight is 347 g/mol. The minimum atomic E-state index is -0.180. The lowest BCUT2D eigenvalue weighted by molar-refractivity contribution is 0.0628. The number of methoxy groups -OCH3 is 2. The zero-order chi connectivity index (χ0) is 15.0. The maximum absolute atomic E-state index is 12.5. The molecule has 1 aromatic rings. The molecule has 8 heteroatoms. The largest absolute Gasteiger partial charge is 0.383 e. The summed E-state index contributed by atoms with van der Waals surface area (Å²) in [4.78, 5) is 18.3. The van der Waals surface area contributed by atoms with Gasteiger partial charge >= 0.3 is 0 Å². The molecule has 0 saturated heterocycles. The van der Waals surface area contributed by atoms with Gasteiger partial charge in [0.2, 0.25) is 0 Å². The van der Waals surface area contributed by atoms with Crippen LogP contribution in [-0.4, -0.2) is 56.3 Å². The second-order valence-electron chi connectivity index (χ2n) is 3.97. The fourth-order valence-electron chi connectivity index (χ4n) is 1.61. The van der Waals surface area contributed by atoms with Gasteiger partial charge in [-0.2, -0.15) is 0 Å². The zero-order valence-electron chi connectivity index (χ0n) is 11.6. The standard InChI is InChI=1S/C12H19BrN4O3/c1-19-5-3-17(4-6-20-2)12(18)10-7-9(13)8-15-11(10)16-14/h7-8H,3-6,14H2,1-2H3,(H,15,16). The number of hydrazine groups is 1. The number of ether oxygens (including phenoxy) is 2. The number of pyridine rings is 1. The summed E-state index contributed by atoms with van der Waals surface area (Å²) in [6.07, 6.45) is 1.57. The first-order chi connectivity index (χ1) is 9.63. The van der Waals surface area contributed by atoms with Crippen molar-refractivity contribution in [2.45, 2.75) is 0 Å². The summed E-state index contributed by atoms with van der Waals surface area (Å²) in [6.45, 7) is 1.83. The maximum Gasteiger partial charge on any atom is 0.257 e. The van der Waals surface area contributed by atoms with Crippen LogP contribution in [0.2, 0.25) is 0 Å². The average Bonchev–Trinajstić information content (AvgIpc) is 2.46. The number of nitrogens with zero attached hydrogens (tertiary/aromatic N) is 2. The van der Waals surface area contributed by atoms with Gasteiger partial charge in [-0.15, -0.1) is 0 Å². The quantitative estimate of drug-likeness (QED) is 0.536. The highest BCUT2D eigenvalue weighted by molar-refractivity contribution is 9.10. The minimum absolute atomic E-state index is 0.180. The van der Waals surface area contributed by atoms with Gasteiger partial charge < -0.3 is 19.8 Å². The van der Waals surface area contributed by atoms with Crippen LogP contribution >= 0.6 is 15.9 Å². The third kappa shape index (κ3) is 4.71. The lowest BCUT2D eigenvalue weighted by Gasteiger charge is -2.23. The lowest BCUT2D eigenvalue weighted by Crippen LogP contribution is -2.37. The molecule has 3 N–H and O–H groups in total. The van der Waals surface area contributed by atoms with E-state index in [9.17, 15) is 4.79 Å². The number of halogens is 1. The van der Waals surface area contributed by atoms with Gasteiger partial charge in [0.15, 0.2) is 5.82 Å². The minimum Gasteiger partial charge on any atom is -0.383 e. The van der Waals surface area contributed by atoms with Gasteiger partial charge in [-0.3, -0.25) is 4.79 Å². The number of nitrogen functional groups attached to an aromatic ring is 1. The molecule has 0 bridgehead atoms. The number of rotatable bonds is 8. The molecular formula is C12H19BrN4O3. The number of carbonyl (C=O) groups is 1. The molecule has 0 atom stereocenters. The number of carbonyl (C=O) groups excluding carboxylic acids is 1. The van der Waals surface area contributed by atoms with Gasteiger partial charge in [-0.25, -0.2) is 10.8 Å². The summed E-state index contributed by atoms with van der Waals surface area (Å²) in [6, 6.07) is 1.68. The molecule has 20 heavy (non-hydrogen) atoms. The Kier molecular flexibility index (Phi) is 7.45. The third-order valence-electron chi connectivity index (χ3n) is 2.64. The van der Waals surface area contributed by atoms with Crippen LogP contribution in [0.1, 0.15) is 10.4 Å². The highest BCUT2D eigenvalue weighted by atomic mass is 79.9. The summed E-state index contributed by atoms with van der Waals surface area (Å²) in [7, 11) is 3.18. The predicted octanol–water partition coefficient (Wildman–Crippen LogP) is 0.865. The van der Waals surface area contributed by atoms with Gasteiger partial charge in [-0.1, -0.05) is 0 Å². The number of nitrogens with one attached hydrogen (secondary N) is 1. The number of hydrogen-bond acceptors (Lipinski definition) is 6. The van der Waals surface area contributed by atoms with E-state index in [2.05, 4.69) is 26.3 Å². The first kappa shape index (κ1) is 16.8. The van der Waals surface area contributed by atoms with Crippen LogP contribution in [-0.2, 0) is 9.47 Å². The van der Waals surface area contributed by atoms with Crippen LogP contribution in [0.4, 0.5) is 5.82 Å². The van der Waals surface area contributed by atoms with E-state index in [1.165, 1.54) is 0 Å². The van der Waals surface area contributed by atoms with Gasteiger partial charge in [0.05, 0.1) is 18.8 Å². The van der Waals surface area contributed by atoms with E-state index in [1.54, 1.807) is 31.4 Å². The number of hydrogen-bond donors (Lipinski definition) is 2. The molecule has 1 rings (SSSR count). The van der Waals surface area contributed by atoms with E-state index in [4.69, 9.17) is 15.3 Å². The molecule has 0 fully saturated rings. The van der Waals surface area contributed by atoms with Crippen molar-refractivity contribution in [3.05, 3.63) is 22.3 Å². The van der Waals surface area contributed by atoms with Crippen molar-refractivity contribution in [3.63, 3.8) is 0 Å². The van der Waals surface area contributed by atoms with E-state index >= 15 is 0 Å². The summed E-state index contributed by atoms with van der Waals surface area (Å²) in [5.41, 5.74) is 2.83. The van der Waals surface area contributed by atoms with Gasteiger partial charge in [0.1, 0.15) is 0 Å². The second kappa shape index (κ2) is 8.85. The highest BCUT2D eigenvalue weighted by Crippen LogP contribution is 2.19. The molecule has 0 aliphatic heterocycles. The number of aromatic nitrogens is 1. The van der Waals surface area contributed by atoms with Gasteiger partial charge in [0, 0.05) is 38.0 Å². The molecule has 0 unspecified atom stereocenters. The van der Waals surface area contributed by atoms with Crippen LogP contribution in [0.25, 0.3) is 0 Å². The number of anilines is 1. The van der Waals surface area contributed by atoms with Crippen molar-refractivity contribution >= 4 is 27.7 Å². The number of amides is 1. The molecule has 0 aliphatic rings. The monoisotopic (exact) mass is 346 g/mol. The SMILES string of the molecule is COCCN(CCOC)C(=O)c1cc(Br)cnc1NN. The van der Waals surface area contributed by atoms with Crippen molar-refractivity contribution in [2.75, 3.05) is 45.9 Å². The summed E-state index contributed by atoms with van der Waals surface area (Å²) < 4.78 is 10.7.